The molecule has 0 amide bonds. The molecule has 1 heterocycles. The lowest BCUT2D eigenvalue weighted by Gasteiger charge is -2.33. The predicted octanol–water partition coefficient (Wildman–Crippen LogP) is 1.37. The van der Waals surface area contributed by atoms with Gasteiger partial charge in [-0.1, -0.05) is 6.07 Å². The second-order valence-electron chi connectivity index (χ2n) is 5.94. The van der Waals surface area contributed by atoms with Crippen molar-refractivity contribution in [1.29, 1.82) is 0 Å². The number of rotatable bonds is 6. The molecule has 3 atom stereocenters. The molecule has 1 aromatic rings. The van der Waals surface area contributed by atoms with Gasteiger partial charge in [0.25, 0.3) is 0 Å². The van der Waals surface area contributed by atoms with Crippen LogP contribution in [-0.2, 0) is 30.4 Å². The molecule has 1 aromatic carbocycles. The average molecular weight is 366 g/mol. The van der Waals surface area contributed by atoms with Crippen molar-refractivity contribution in [3.05, 3.63) is 29.3 Å². The highest BCUT2D eigenvalue weighted by molar-refractivity contribution is 5.97. The third kappa shape index (κ3) is 5.03. The van der Waals surface area contributed by atoms with Crippen molar-refractivity contribution >= 4 is 17.7 Å². The zero-order chi connectivity index (χ0) is 19.3. The number of ether oxygens (including phenoxy) is 4. The standard InChI is InChI=1S/C18H22O8/c1-10(20)14-6-12(9-19)4-5-15(14)25-17-8-13(24-11(2)21)7-16(26-17)18(22)23-3/h4-6,13,16-17,19H,7-9H2,1-3H3/t13-,16-,17?/m0/s1. The number of Topliss-reactive ketones (excluding diaryl/α,β-unsaturated/α-hetero) is 1. The molecule has 0 aromatic heterocycles. The maximum Gasteiger partial charge on any atom is 0.335 e. The molecular formula is C18H22O8. The maximum absolute atomic E-state index is 11.9. The third-order valence-electron chi connectivity index (χ3n) is 3.91. The highest BCUT2D eigenvalue weighted by atomic mass is 16.7. The molecule has 1 aliphatic rings. The van der Waals surface area contributed by atoms with Gasteiger partial charge in [0, 0.05) is 19.8 Å². The fourth-order valence-electron chi connectivity index (χ4n) is 2.73. The van der Waals surface area contributed by atoms with E-state index in [0.29, 0.717) is 5.56 Å². The van der Waals surface area contributed by atoms with E-state index in [0.717, 1.165) is 0 Å². The van der Waals surface area contributed by atoms with Crippen LogP contribution in [0.5, 0.6) is 5.75 Å². The Kier molecular flexibility index (Phi) is 6.70. The largest absolute Gasteiger partial charge is 0.467 e. The lowest BCUT2D eigenvalue weighted by Crippen LogP contribution is -2.44. The Morgan fingerprint density at radius 1 is 1.23 bits per heavy atom. The van der Waals surface area contributed by atoms with Gasteiger partial charge in [-0.15, -0.1) is 0 Å². The van der Waals surface area contributed by atoms with Gasteiger partial charge in [0.1, 0.15) is 11.9 Å². The van der Waals surface area contributed by atoms with Crippen LogP contribution < -0.4 is 4.74 Å². The molecule has 26 heavy (non-hydrogen) atoms. The second-order valence-corrected chi connectivity index (χ2v) is 5.94. The Morgan fingerprint density at radius 3 is 2.54 bits per heavy atom. The van der Waals surface area contributed by atoms with Crippen molar-refractivity contribution in [2.24, 2.45) is 0 Å². The first-order valence-electron chi connectivity index (χ1n) is 8.16. The summed E-state index contributed by atoms with van der Waals surface area (Å²) in [6, 6.07) is 4.70. The Morgan fingerprint density at radius 2 is 1.96 bits per heavy atom. The molecule has 0 spiro atoms. The number of aliphatic hydroxyl groups is 1. The van der Waals surface area contributed by atoms with E-state index in [1.54, 1.807) is 12.1 Å². The quantitative estimate of drug-likeness (QED) is 0.594. The number of esters is 2. The van der Waals surface area contributed by atoms with Crippen molar-refractivity contribution in [3.63, 3.8) is 0 Å². The Labute approximate surface area is 151 Å². The molecule has 1 fully saturated rings. The first-order valence-corrected chi connectivity index (χ1v) is 8.16. The highest BCUT2D eigenvalue weighted by Gasteiger charge is 2.37. The first-order chi connectivity index (χ1) is 12.3. The van der Waals surface area contributed by atoms with E-state index in [1.165, 1.54) is 27.0 Å². The Hall–Kier alpha value is -2.45. The van der Waals surface area contributed by atoms with E-state index >= 15 is 0 Å². The van der Waals surface area contributed by atoms with Crippen molar-refractivity contribution in [2.75, 3.05) is 7.11 Å². The smallest absolute Gasteiger partial charge is 0.335 e. The molecule has 0 saturated carbocycles. The summed E-state index contributed by atoms with van der Waals surface area (Å²) in [6.07, 6.45) is -2.06. The number of carbonyl (C=O) groups is 3. The van der Waals surface area contributed by atoms with E-state index in [-0.39, 0.29) is 36.5 Å². The minimum atomic E-state index is -0.944. The molecule has 2 rings (SSSR count). The molecular weight excluding hydrogens is 344 g/mol. The molecule has 0 bridgehead atoms. The SMILES string of the molecule is COC(=O)[C@@H]1C[C@H](OC(C)=O)CC(Oc2ccc(CO)cc2C(C)=O)O1. The lowest BCUT2D eigenvalue weighted by molar-refractivity contribution is -0.204. The van der Waals surface area contributed by atoms with Gasteiger partial charge in [0.05, 0.1) is 19.3 Å². The van der Waals surface area contributed by atoms with Gasteiger partial charge in [-0.3, -0.25) is 9.59 Å². The van der Waals surface area contributed by atoms with Gasteiger partial charge in [0.15, 0.2) is 11.9 Å². The summed E-state index contributed by atoms with van der Waals surface area (Å²) in [5.41, 5.74) is 0.849. The molecule has 1 N–H and O–H groups in total. The van der Waals surface area contributed by atoms with Crippen molar-refractivity contribution in [3.8, 4) is 5.75 Å². The topological polar surface area (TPSA) is 108 Å². The van der Waals surface area contributed by atoms with Crippen LogP contribution in [0.25, 0.3) is 0 Å². The van der Waals surface area contributed by atoms with E-state index in [2.05, 4.69) is 0 Å². The van der Waals surface area contributed by atoms with Crippen LogP contribution in [0.1, 0.15) is 42.6 Å². The molecule has 8 heteroatoms. The molecule has 1 unspecified atom stereocenters. The van der Waals surface area contributed by atoms with Crippen LogP contribution in [0.2, 0.25) is 0 Å². The zero-order valence-electron chi connectivity index (χ0n) is 14.9. The fourth-order valence-corrected chi connectivity index (χ4v) is 2.73. The number of benzene rings is 1. The highest BCUT2D eigenvalue weighted by Crippen LogP contribution is 2.28. The summed E-state index contributed by atoms with van der Waals surface area (Å²) in [7, 11) is 1.23. The van der Waals surface area contributed by atoms with Gasteiger partial charge in [0.2, 0.25) is 6.29 Å². The fraction of sp³-hybridized carbons (Fsp3) is 0.500. The van der Waals surface area contributed by atoms with Crippen LogP contribution in [0, 0.1) is 0 Å². The number of ketones is 1. The van der Waals surface area contributed by atoms with Crippen molar-refractivity contribution < 1.29 is 38.4 Å². The lowest BCUT2D eigenvalue weighted by atomic mass is 10.0. The third-order valence-corrected chi connectivity index (χ3v) is 3.91. The number of carbonyl (C=O) groups excluding carboxylic acids is 3. The van der Waals surface area contributed by atoms with Gasteiger partial charge in [-0.05, 0) is 24.6 Å². The van der Waals surface area contributed by atoms with Gasteiger partial charge in [-0.25, -0.2) is 4.79 Å². The minimum Gasteiger partial charge on any atom is -0.467 e. The summed E-state index contributed by atoms with van der Waals surface area (Å²) in [6.45, 7) is 2.45. The zero-order valence-corrected chi connectivity index (χ0v) is 14.9. The number of hydrogen-bond acceptors (Lipinski definition) is 8. The number of methoxy groups -OCH3 is 1. The first kappa shape index (κ1) is 19.9. The summed E-state index contributed by atoms with van der Waals surface area (Å²) < 4.78 is 21.2. The van der Waals surface area contributed by atoms with Gasteiger partial charge in [-0.2, -0.15) is 0 Å². The average Bonchev–Trinajstić information content (AvgIpc) is 2.60. The molecule has 0 radical (unpaired) electrons. The molecule has 1 saturated heterocycles. The molecule has 142 valence electrons. The van der Waals surface area contributed by atoms with Gasteiger partial charge < -0.3 is 24.1 Å². The summed E-state index contributed by atoms with van der Waals surface area (Å²) in [5, 5.41) is 9.22. The minimum absolute atomic E-state index is 0.162. The summed E-state index contributed by atoms with van der Waals surface area (Å²) >= 11 is 0. The normalized spacial score (nSPS) is 22.4. The Balaban J connectivity index is 2.21. The van der Waals surface area contributed by atoms with Crippen LogP contribution in [0.15, 0.2) is 18.2 Å². The van der Waals surface area contributed by atoms with Crippen molar-refractivity contribution in [2.45, 2.75) is 51.8 Å². The van der Waals surface area contributed by atoms with Crippen LogP contribution in [0.3, 0.4) is 0 Å². The molecule has 0 aliphatic carbocycles. The number of hydrogen-bond donors (Lipinski definition) is 1. The van der Waals surface area contributed by atoms with E-state index in [1.807, 2.05) is 0 Å². The van der Waals surface area contributed by atoms with Gasteiger partial charge >= 0.3 is 11.9 Å². The predicted molar refractivity (Wildman–Crippen MR) is 88.5 cm³/mol. The molecule has 1 aliphatic heterocycles. The molecule has 8 nitrogen and oxygen atoms in total. The van der Waals surface area contributed by atoms with Crippen LogP contribution >= 0.6 is 0 Å². The summed E-state index contributed by atoms with van der Waals surface area (Å²) in [4.78, 5) is 34.9. The van der Waals surface area contributed by atoms with Crippen LogP contribution in [-0.4, -0.2) is 48.4 Å². The Bertz CT molecular complexity index is 684. The van der Waals surface area contributed by atoms with E-state index in [9.17, 15) is 19.5 Å². The van der Waals surface area contributed by atoms with Crippen LogP contribution in [0.4, 0.5) is 0 Å². The van der Waals surface area contributed by atoms with E-state index < -0.39 is 30.4 Å². The second kappa shape index (κ2) is 8.77. The summed E-state index contributed by atoms with van der Waals surface area (Å²) in [5.74, 6) is -1.06. The maximum atomic E-state index is 11.9. The van der Waals surface area contributed by atoms with Crippen molar-refractivity contribution in [1.82, 2.24) is 0 Å². The number of aliphatic hydroxyl groups excluding tert-OH is 1. The monoisotopic (exact) mass is 366 g/mol. The van der Waals surface area contributed by atoms with E-state index in [4.69, 9.17) is 18.9 Å².